The molecule has 1 aliphatic heterocycles. The Labute approximate surface area is 113 Å². The summed E-state index contributed by atoms with van der Waals surface area (Å²) in [5.74, 6) is 1.19. The van der Waals surface area contributed by atoms with Gasteiger partial charge in [-0.25, -0.2) is 8.42 Å². The summed E-state index contributed by atoms with van der Waals surface area (Å²) in [5, 5.41) is 4.03. The van der Waals surface area contributed by atoms with Crippen LogP contribution in [0.3, 0.4) is 0 Å². The number of hydrogen-bond acceptors (Lipinski definition) is 4. The smallest absolute Gasteiger partial charge is 0.248 e. The van der Waals surface area contributed by atoms with E-state index in [1.165, 1.54) is 6.42 Å². The van der Waals surface area contributed by atoms with Gasteiger partial charge in [-0.05, 0) is 31.6 Å². The Hall–Kier alpha value is -1.08. The van der Waals surface area contributed by atoms with Gasteiger partial charge in [0.1, 0.15) is 4.90 Å². The molecule has 1 aliphatic carbocycles. The molecule has 0 spiro atoms. The van der Waals surface area contributed by atoms with E-state index in [1.54, 1.807) is 15.2 Å². The number of fused-ring (bicyclic) bond motifs is 1. The van der Waals surface area contributed by atoms with Crippen molar-refractivity contribution in [3.05, 3.63) is 6.20 Å². The van der Waals surface area contributed by atoms with E-state index in [1.807, 2.05) is 6.92 Å². The van der Waals surface area contributed by atoms with Crippen molar-refractivity contribution in [1.82, 2.24) is 14.1 Å². The highest BCUT2D eigenvalue weighted by Gasteiger charge is 2.42. The highest BCUT2D eigenvalue weighted by Crippen LogP contribution is 2.40. The van der Waals surface area contributed by atoms with Gasteiger partial charge in [0.25, 0.3) is 0 Å². The van der Waals surface area contributed by atoms with Gasteiger partial charge >= 0.3 is 0 Å². The lowest BCUT2D eigenvalue weighted by Crippen LogP contribution is -2.30. The van der Waals surface area contributed by atoms with E-state index in [9.17, 15) is 8.42 Å². The van der Waals surface area contributed by atoms with Gasteiger partial charge in [-0.2, -0.15) is 9.40 Å². The second kappa shape index (κ2) is 4.49. The molecule has 6 nitrogen and oxygen atoms in total. The van der Waals surface area contributed by atoms with Crippen LogP contribution < -0.4 is 5.73 Å². The lowest BCUT2D eigenvalue weighted by Gasteiger charge is -2.16. The summed E-state index contributed by atoms with van der Waals surface area (Å²) in [4.78, 5) is 0.161. The molecule has 2 atom stereocenters. The normalized spacial score (nSPS) is 27.8. The third-order valence-electron chi connectivity index (χ3n) is 4.39. The van der Waals surface area contributed by atoms with E-state index >= 15 is 0 Å². The van der Waals surface area contributed by atoms with E-state index in [0.29, 0.717) is 31.5 Å². The fourth-order valence-electron chi connectivity index (χ4n) is 3.31. The zero-order valence-corrected chi connectivity index (χ0v) is 11.9. The Morgan fingerprint density at radius 2 is 2.00 bits per heavy atom. The first-order valence-electron chi connectivity index (χ1n) is 6.85. The van der Waals surface area contributed by atoms with Gasteiger partial charge in [0.15, 0.2) is 5.82 Å². The summed E-state index contributed by atoms with van der Waals surface area (Å²) in [6, 6.07) is 0. The third-order valence-corrected chi connectivity index (χ3v) is 6.24. The number of nitrogens with zero attached hydrogens (tertiary/aromatic N) is 3. The number of hydrogen-bond donors (Lipinski definition) is 1. The number of nitrogen functional groups attached to an aromatic ring is 1. The number of nitrogens with two attached hydrogens (primary N) is 1. The van der Waals surface area contributed by atoms with Crippen molar-refractivity contribution in [1.29, 1.82) is 0 Å². The first kappa shape index (κ1) is 12.9. The summed E-state index contributed by atoms with van der Waals surface area (Å²) in [6.45, 7) is 3.81. The van der Waals surface area contributed by atoms with Crippen LogP contribution in [-0.4, -0.2) is 35.6 Å². The first-order valence-corrected chi connectivity index (χ1v) is 8.29. The van der Waals surface area contributed by atoms with Crippen LogP contribution in [0.4, 0.5) is 5.82 Å². The molecular formula is C12H20N4O2S. The minimum absolute atomic E-state index is 0.110. The Morgan fingerprint density at radius 1 is 1.37 bits per heavy atom. The quantitative estimate of drug-likeness (QED) is 0.894. The Morgan fingerprint density at radius 3 is 2.53 bits per heavy atom. The molecule has 19 heavy (non-hydrogen) atoms. The fraction of sp³-hybridized carbons (Fsp3) is 0.750. The predicted molar refractivity (Wildman–Crippen MR) is 71.9 cm³/mol. The summed E-state index contributed by atoms with van der Waals surface area (Å²) in [6.07, 6.45) is 5.08. The lowest BCUT2D eigenvalue weighted by molar-refractivity contribution is 0.445. The van der Waals surface area contributed by atoms with Crippen molar-refractivity contribution in [2.75, 3.05) is 18.8 Å². The zero-order valence-electron chi connectivity index (χ0n) is 11.1. The molecule has 0 amide bonds. The zero-order chi connectivity index (χ0) is 13.6. The van der Waals surface area contributed by atoms with E-state index in [2.05, 4.69) is 5.10 Å². The molecule has 3 rings (SSSR count). The van der Waals surface area contributed by atoms with Gasteiger partial charge in [0.2, 0.25) is 10.0 Å². The van der Waals surface area contributed by atoms with E-state index in [-0.39, 0.29) is 10.7 Å². The highest BCUT2D eigenvalue weighted by atomic mass is 32.2. The number of rotatable bonds is 3. The standard InChI is InChI=1S/C12H20N4O2S/c1-2-15-8-11(12(13)14-15)19(17,18)16-6-9-4-3-5-10(9)7-16/h8-10H,2-7H2,1H3,(H2,13,14). The first-order chi connectivity index (χ1) is 9.02. The van der Waals surface area contributed by atoms with Gasteiger partial charge in [-0.15, -0.1) is 0 Å². The van der Waals surface area contributed by atoms with Crippen LogP contribution >= 0.6 is 0 Å². The monoisotopic (exact) mass is 284 g/mol. The summed E-state index contributed by atoms with van der Waals surface area (Å²) in [5.41, 5.74) is 5.75. The molecule has 7 heteroatoms. The van der Waals surface area contributed by atoms with Crippen LogP contribution in [0.25, 0.3) is 0 Å². The number of aromatic nitrogens is 2. The van der Waals surface area contributed by atoms with Crippen molar-refractivity contribution in [2.45, 2.75) is 37.6 Å². The molecule has 2 aliphatic rings. The van der Waals surface area contributed by atoms with E-state index < -0.39 is 10.0 Å². The van der Waals surface area contributed by atoms with Crippen LogP contribution in [0.15, 0.2) is 11.1 Å². The maximum absolute atomic E-state index is 12.6. The average Bonchev–Trinajstić information content (AvgIpc) is 3.00. The Bertz CT molecular complexity index is 569. The van der Waals surface area contributed by atoms with Crippen LogP contribution in [0.1, 0.15) is 26.2 Å². The minimum atomic E-state index is -3.48. The molecule has 2 N–H and O–H groups in total. The SMILES string of the molecule is CCn1cc(S(=O)(=O)N2CC3CCCC3C2)c(N)n1. The molecule has 1 aromatic heterocycles. The van der Waals surface area contributed by atoms with Crippen LogP contribution in [-0.2, 0) is 16.6 Å². The number of sulfonamides is 1. The molecule has 1 saturated heterocycles. The molecule has 2 heterocycles. The molecule has 0 radical (unpaired) electrons. The molecule has 1 aromatic rings. The van der Waals surface area contributed by atoms with Crippen LogP contribution in [0, 0.1) is 11.8 Å². The van der Waals surface area contributed by atoms with E-state index in [4.69, 9.17) is 5.73 Å². The lowest BCUT2D eigenvalue weighted by atomic mass is 10.0. The maximum Gasteiger partial charge on any atom is 0.248 e. The largest absolute Gasteiger partial charge is 0.381 e. The van der Waals surface area contributed by atoms with Gasteiger partial charge in [-0.3, -0.25) is 4.68 Å². The molecule has 106 valence electrons. The third kappa shape index (κ3) is 2.04. The summed E-state index contributed by atoms with van der Waals surface area (Å²) >= 11 is 0. The molecular weight excluding hydrogens is 264 g/mol. The molecule has 2 unspecified atom stereocenters. The molecule has 1 saturated carbocycles. The predicted octanol–water partition coefficient (Wildman–Crippen LogP) is 0.906. The van der Waals surface area contributed by atoms with E-state index in [0.717, 1.165) is 12.8 Å². The van der Waals surface area contributed by atoms with Crippen molar-refractivity contribution >= 4 is 15.8 Å². The van der Waals surface area contributed by atoms with Crippen LogP contribution in [0.2, 0.25) is 0 Å². The van der Waals surface area contributed by atoms with Gasteiger partial charge < -0.3 is 5.73 Å². The second-order valence-corrected chi connectivity index (χ2v) is 7.41. The summed E-state index contributed by atoms with van der Waals surface area (Å²) < 4.78 is 28.4. The van der Waals surface area contributed by atoms with Gasteiger partial charge in [0.05, 0.1) is 0 Å². The van der Waals surface area contributed by atoms with Crippen molar-refractivity contribution in [2.24, 2.45) is 11.8 Å². The second-order valence-electron chi connectivity index (χ2n) is 5.51. The number of anilines is 1. The van der Waals surface area contributed by atoms with Crippen molar-refractivity contribution in [3.63, 3.8) is 0 Å². The Kier molecular flexibility index (Phi) is 3.05. The van der Waals surface area contributed by atoms with Gasteiger partial charge in [0, 0.05) is 25.8 Å². The average molecular weight is 284 g/mol. The number of aryl methyl sites for hydroxylation is 1. The highest BCUT2D eigenvalue weighted by molar-refractivity contribution is 7.89. The minimum Gasteiger partial charge on any atom is -0.381 e. The molecule has 0 bridgehead atoms. The molecule has 2 fully saturated rings. The van der Waals surface area contributed by atoms with Crippen molar-refractivity contribution < 1.29 is 8.42 Å². The maximum atomic E-state index is 12.6. The Balaban J connectivity index is 1.88. The fourth-order valence-corrected chi connectivity index (χ4v) is 4.92. The summed E-state index contributed by atoms with van der Waals surface area (Å²) in [7, 11) is -3.48. The van der Waals surface area contributed by atoms with Crippen LogP contribution in [0.5, 0.6) is 0 Å². The van der Waals surface area contributed by atoms with Crippen molar-refractivity contribution in [3.8, 4) is 0 Å². The molecule has 0 aromatic carbocycles. The topological polar surface area (TPSA) is 81.2 Å². The van der Waals surface area contributed by atoms with Gasteiger partial charge in [-0.1, -0.05) is 6.42 Å².